The van der Waals surface area contributed by atoms with Crippen LogP contribution in [0, 0.1) is 13.8 Å². The van der Waals surface area contributed by atoms with E-state index in [9.17, 15) is 18.0 Å². The van der Waals surface area contributed by atoms with Crippen molar-refractivity contribution in [1.29, 1.82) is 0 Å². The number of hydrogen-bond acceptors (Lipinski definition) is 4. The smallest absolute Gasteiger partial charge is 0.240 e. The minimum Gasteiger partial charge on any atom is -0.350 e. The maximum Gasteiger partial charge on any atom is 0.240 e. The number of sulfonamides is 1. The van der Waals surface area contributed by atoms with Gasteiger partial charge in [0.2, 0.25) is 15.9 Å². The SMILES string of the molecule is CC(=O)c1ccc(S(=O)(=O)NCCC(=O)NC(C)c2cc(C)ccc2C)cc1. The van der Waals surface area contributed by atoms with Crippen molar-refractivity contribution in [1.82, 2.24) is 10.0 Å². The first-order valence-corrected chi connectivity index (χ1v) is 10.6. The summed E-state index contributed by atoms with van der Waals surface area (Å²) in [6.45, 7) is 7.29. The summed E-state index contributed by atoms with van der Waals surface area (Å²) in [6.07, 6.45) is 0.0277. The molecule has 0 spiro atoms. The molecule has 0 radical (unpaired) electrons. The Balaban J connectivity index is 1.90. The lowest BCUT2D eigenvalue weighted by molar-refractivity contribution is -0.121. The monoisotopic (exact) mass is 402 g/mol. The Bertz CT molecular complexity index is 966. The highest BCUT2D eigenvalue weighted by Gasteiger charge is 2.16. The van der Waals surface area contributed by atoms with E-state index in [0.29, 0.717) is 5.56 Å². The third kappa shape index (κ3) is 5.74. The summed E-state index contributed by atoms with van der Waals surface area (Å²) in [5.41, 5.74) is 3.69. The lowest BCUT2D eigenvalue weighted by Crippen LogP contribution is -2.32. The van der Waals surface area contributed by atoms with Crippen LogP contribution in [0.25, 0.3) is 0 Å². The largest absolute Gasteiger partial charge is 0.350 e. The Labute approximate surface area is 166 Å². The average Bonchev–Trinajstić information content (AvgIpc) is 2.63. The highest BCUT2D eigenvalue weighted by atomic mass is 32.2. The molecular formula is C21H26N2O4S. The Morgan fingerprint density at radius 2 is 1.68 bits per heavy atom. The van der Waals surface area contributed by atoms with Crippen LogP contribution < -0.4 is 10.0 Å². The number of Topliss-reactive ketones (excluding diaryl/α,β-unsaturated/α-hetero) is 1. The number of carbonyl (C=O) groups is 2. The molecule has 7 heteroatoms. The van der Waals surface area contributed by atoms with Crippen molar-refractivity contribution in [2.45, 2.75) is 45.1 Å². The van der Waals surface area contributed by atoms with Gasteiger partial charge in [0.05, 0.1) is 10.9 Å². The van der Waals surface area contributed by atoms with E-state index in [-0.39, 0.29) is 35.6 Å². The summed E-state index contributed by atoms with van der Waals surface area (Å²) in [5, 5.41) is 2.90. The van der Waals surface area contributed by atoms with E-state index in [0.717, 1.165) is 16.7 Å². The number of benzene rings is 2. The summed E-state index contributed by atoms with van der Waals surface area (Å²) < 4.78 is 27.0. The van der Waals surface area contributed by atoms with Gasteiger partial charge < -0.3 is 5.32 Å². The van der Waals surface area contributed by atoms with Gasteiger partial charge in [-0.25, -0.2) is 13.1 Å². The van der Waals surface area contributed by atoms with Gasteiger partial charge in [0.1, 0.15) is 0 Å². The third-order valence-electron chi connectivity index (χ3n) is 4.49. The Kier molecular flexibility index (Phi) is 7.10. The Hall–Kier alpha value is -2.51. The molecule has 0 saturated heterocycles. The first kappa shape index (κ1) is 21.8. The highest BCUT2D eigenvalue weighted by molar-refractivity contribution is 7.89. The maximum absolute atomic E-state index is 12.3. The fraction of sp³-hybridized carbons (Fsp3) is 0.333. The van der Waals surface area contributed by atoms with Crippen LogP contribution in [-0.2, 0) is 14.8 Å². The standard InChI is InChI=1S/C21H26N2O4S/c1-14-5-6-15(2)20(13-14)16(3)23-21(25)11-12-22-28(26,27)19-9-7-18(8-10-19)17(4)24/h5-10,13,16,22H,11-12H2,1-4H3,(H,23,25). The molecule has 150 valence electrons. The number of nitrogens with one attached hydrogen (secondary N) is 2. The molecule has 0 saturated carbocycles. The van der Waals surface area contributed by atoms with E-state index in [1.54, 1.807) is 0 Å². The second-order valence-electron chi connectivity index (χ2n) is 6.88. The van der Waals surface area contributed by atoms with Crippen molar-refractivity contribution >= 4 is 21.7 Å². The van der Waals surface area contributed by atoms with Crippen LogP contribution >= 0.6 is 0 Å². The zero-order valence-electron chi connectivity index (χ0n) is 16.6. The van der Waals surface area contributed by atoms with Crippen molar-refractivity contribution in [2.75, 3.05) is 6.54 Å². The van der Waals surface area contributed by atoms with E-state index in [4.69, 9.17) is 0 Å². The number of ketones is 1. The van der Waals surface area contributed by atoms with E-state index in [1.165, 1.54) is 31.2 Å². The summed E-state index contributed by atoms with van der Waals surface area (Å²) in [5.74, 6) is -0.366. The maximum atomic E-state index is 12.3. The molecule has 2 aromatic carbocycles. The molecule has 0 aliphatic rings. The first-order chi connectivity index (χ1) is 13.1. The van der Waals surface area contributed by atoms with E-state index >= 15 is 0 Å². The first-order valence-electron chi connectivity index (χ1n) is 9.07. The number of carbonyl (C=O) groups excluding carboxylic acids is 2. The normalized spacial score (nSPS) is 12.4. The lowest BCUT2D eigenvalue weighted by atomic mass is 10.00. The minimum absolute atomic E-state index is 0.0118. The van der Waals surface area contributed by atoms with Crippen LogP contribution in [0.5, 0.6) is 0 Å². The van der Waals surface area contributed by atoms with Crippen molar-refractivity contribution in [3.8, 4) is 0 Å². The second-order valence-corrected chi connectivity index (χ2v) is 8.64. The van der Waals surface area contributed by atoms with Crippen LogP contribution in [0.3, 0.4) is 0 Å². The molecule has 6 nitrogen and oxygen atoms in total. The van der Waals surface area contributed by atoms with E-state index in [2.05, 4.69) is 10.0 Å². The molecule has 2 aromatic rings. The van der Waals surface area contributed by atoms with Gasteiger partial charge in [0.15, 0.2) is 5.78 Å². The summed E-state index contributed by atoms with van der Waals surface area (Å²) in [6, 6.07) is 11.6. The molecule has 2 rings (SSSR count). The molecule has 2 N–H and O–H groups in total. The van der Waals surface area contributed by atoms with Gasteiger partial charge in [-0.05, 0) is 51.0 Å². The molecule has 1 unspecified atom stereocenters. The molecule has 1 atom stereocenters. The van der Waals surface area contributed by atoms with Gasteiger partial charge in [0.25, 0.3) is 0 Å². The number of hydrogen-bond donors (Lipinski definition) is 2. The molecular weight excluding hydrogens is 376 g/mol. The Morgan fingerprint density at radius 3 is 2.29 bits per heavy atom. The van der Waals surface area contributed by atoms with Crippen molar-refractivity contribution in [3.05, 3.63) is 64.7 Å². The van der Waals surface area contributed by atoms with Gasteiger partial charge in [0, 0.05) is 18.5 Å². The summed E-state index contributed by atoms with van der Waals surface area (Å²) in [4.78, 5) is 23.5. The van der Waals surface area contributed by atoms with E-state index in [1.807, 2.05) is 39.0 Å². The average molecular weight is 403 g/mol. The second kappa shape index (κ2) is 9.12. The number of amides is 1. The predicted molar refractivity (Wildman–Crippen MR) is 109 cm³/mol. The molecule has 1 amide bonds. The number of rotatable bonds is 8. The lowest BCUT2D eigenvalue weighted by Gasteiger charge is -2.17. The predicted octanol–water partition coefficient (Wildman–Crippen LogP) is 3.05. The van der Waals surface area contributed by atoms with Gasteiger partial charge in [-0.3, -0.25) is 9.59 Å². The Morgan fingerprint density at radius 1 is 1.04 bits per heavy atom. The fourth-order valence-electron chi connectivity index (χ4n) is 2.87. The van der Waals surface area contributed by atoms with Crippen LogP contribution in [0.4, 0.5) is 0 Å². The summed E-state index contributed by atoms with van der Waals surface area (Å²) in [7, 11) is -3.73. The van der Waals surface area contributed by atoms with Crippen LogP contribution in [0.2, 0.25) is 0 Å². The van der Waals surface area contributed by atoms with Crippen molar-refractivity contribution < 1.29 is 18.0 Å². The quantitative estimate of drug-likeness (QED) is 0.664. The van der Waals surface area contributed by atoms with Gasteiger partial charge in [-0.2, -0.15) is 0 Å². The van der Waals surface area contributed by atoms with Crippen LogP contribution in [-0.4, -0.2) is 26.7 Å². The van der Waals surface area contributed by atoms with Crippen LogP contribution in [0.15, 0.2) is 47.4 Å². The molecule has 0 fully saturated rings. The highest BCUT2D eigenvalue weighted by Crippen LogP contribution is 2.19. The molecule has 0 bridgehead atoms. The van der Waals surface area contributed by atoms with Gasteiger partial charge in [-0.1, -0.05) is 35.9 Å². The fourth-order valence-corrected chi connectivity index (χ4v) is 3.90. The van der Waals surface area contributed by atoms with Gasteiger partial charge >= 0.3 is 0 Å². The zero-order chi connectivity index (χ0) is 20.9. The molecule has 28 heavy (non-hydrogen) atoms. The van der Waals surface area contributed by atoms with Crippen molar-refractivity contribution in [2.24, 2.45) is 0 Å². The molecule has 0 heterocycles. The molecule has 0 aliphatic carbocycles. The molecule has 0 aliphatic heterocycles. The summed E-state index contributed by atoms with van der Waals surface area (Å²) >= 11 is 0. The molecule has 0 aromatic heterocycles. The van der Waals surface area contributed by atoms with Crippen molar-refractivity contribution in [3.63, 3.8) is 0 Å². The number of aryl methyl sites for hydroxylation is 2. The minimum atomic E-state index is -3.73. The topological polar surface area (TPSA) is 92.3 Å². The van der Waals surface area contributed by atoms with E-state index < -0.39 is 10.0 Å². The zero-order valence-corrected chi connectivity index (χ0v) is 17.4. The third-order valence-corrected chi connectivity index (χ3v) is 5.97. The van der Waals surface area contributed by atoms with Gasteiger partial charge in [-0.15, -0.1) is 0 Å². The van der Waals surface area contributed by atoms with Crippen LogP contribution in [0.1, 0.15) is 53.4 Å².